The zero-order chi connectivity index (χ0) is 23.8. The monoisotopic (exact) mass is 464 g/mol. The molecule has 2 fully saturated rings. The van der Waals surface area contributed by atoms with Crippen LogP contribution in [0, 0.1) is 0 Å². The van der Waals surface area contributed by atoms with E-state index in [4.69, 9.17) is 14.2 Å². The van der Waals surface area contributed by atoms with Crippen molar-refractivity contribution >= 4 is 35.9 Å². The number of rotatable bonds is 9. The highest BCUT2D eigenvalue weighted by Crippen LogP contribution is 2.14. The maximum absolute atomic E-state index is 11.8. The van der Waals surface area contributed by atoms with Crippen molar-refractivity contribution in [3.8, 4) is 0 Å². The number of imide groups is 2. The van der Waals surface area contributed by atoms with Crippen LogP contribution < -0.4 is 0 Å². The van der Waals surface area contributed by atoms with Crippen LogP contribution in [0.3, 0.4) is 0 Å². The fraction of sp³-hybridized carbons (Fsp3) is 0.400. The zero-order valence-corrected chi connectivity index (χ0v) is 17.3. The van der Waals surface area contributed by atoms with Crippen molar-refractivity contribution in [2.75, 3.05) is 13.2 Å². The molecule has 13 nitrogen and oxygen atoms in total. The first-order valence-electron chi connectivity index (χ1n) is 9.90. The number of hydrogen-bond acceptors (Lipinski definition) is 11. The highest BCUT2D eigenvalue weighted by atomic mass is 16.8. The molecule has 0 spiro atoms. The third-order valence-electron chi connectivity index (χ3n) is 4.45. The number of carbonyl (C=O) groups excluding carboxylic acids is 6. The molecule has 176 valence electrons. The maximum Gasteiger partial charge on any atom is 0.534 e. The molecule has 13 heteroatoms. The number of hydroxylamine groups is 4. The van der Waals surface area contributed by atoms with Crippen molar-refractivity contribution in [2.45, 2.75) is 38.4 Å². The van der Waals surface area contributed by atoms with Gasteiger partial charge in [0.15, 0.2) is 0 Å². The number of hydrogen-bond donors (Lipinski definition) is 0. The van der Waals surface area contributed by atoms with E-state index in [-0.39, 0.29) is 32.3 Å². The molecule has 2 saturated heterocycles. The van der Waals surface area contributed by atoms with E-state index in [0.29, 0.717) is 10.1 Å². The van der Waals surface area contributed by atoms with Crippen LogP contribution in [0.15, 0.2) is 30.3 Å². The van der Waals surface area contributed by atoms with Crippen LogP contribution in [0.4, 0.5) is 9.59 Å². The smallest absolute Gasteiger partial charge is 0.430 e. The minimum absolute atomic E-state index is 0.0640. The number of benzene rings is 1. The molecule has 0 atom stereocenters. The maximum atomic E-state index is 11.8. The lowest BCUT2D eigenvalue weighted by Gasteiger charge is -2.19. The van der Waals surface area contributed by atoms with Crippen LogP contribution >= 0.6 is 0 Å². The Labute approximate surface area is 186 Å². The number of carbonyl (C=O) groups is 6. The van der Waals surface area contributed by atoms with Gasteiger partial charge in [0, 0.05) is 25.7 Å². The third-order valence-corrected chi connectivity index (χ3v) is 4.45. The molecule has 3 rings (SSSR count). The summed E-state index contributed by atoms with van der Waals surface area (Å²) >= 11 is 0. The molecule has 2 heterocycles. The van der Waals surface area contributed by atoms with Gasteiger partial charge in [-0.15, -0.1) is 0 Å². The number of amides is 4. The average Bonchev–Trinajstić information content (AvgIpc) is 3.29. The van der Waals surface area contributed by atoms with Crippen molar-refractivity contribution in [3.63, 3.8) is 0 Å². The second kappa shape index (κ2) is 11.0. The Morgan fingerprint density at radius 3 is 1.58 bits per heavy atom. The zero-order valence-electron chi connectivity index (χ0n) is 17.3. The van der Waals surface area contributed by atoms with Gasteiger partial charge in [-0.25, -0.2) is 9.59 Å². The first-order valence-corrected chi connectivity index (χ1v) is 9.90. The summed E-state index contributed by atoms with van der Waals surface area (Å²) in [6.45, 7) is -0.887. The molecule has 1 aromatic carbocycles. The van der Waals surface area contributed by atoms with Gasteiger partial charge in [0.25, 0.3) is 23.6 Å². The quantitative estimate of drug-likeness (QED) is 0.380. The van der Waals surface area contributed by atoms with Gasteiger partial charge in [-0.1, -0.05) is 40.5 Å². The largest absolute Gasteiger partial charge is 0.534 e. The molecule has 0 N–H and O–H groups in total. The summed E-state index contributed by atoms with van der Waals surface area (Å²) in [5.74, 6) is -2.70. The predicted octanol–water partition coefficient (Wildman–Crippen LogP) is 1.01. The van der Waals surface area contributed by atoms with E-state index in [1.165, 1.54) is 0 Å². The molecule has 0 bridgehead atoms. The van der Waals surface area contributed by atoms with Crippen LogP contribution in [-0.2, 0) is 49.7 Å². The Morgan fingerprint density at radius 2 is 1.15 bits per heavy atom. The summed E-state index contributed by atoms with van der Waals surface area (Å²) in [4.78, 5) is 78.9. The summed E-state index contributed by atoms with van der Waals surface area (Å²) in [5.41, 5.74) is 0.772. The molecule has 33 heavy (non-hydrogen) atoms. The Kier molecular flexibility index (Phi) is 7.91. The highest BCUT2D eigenvalue weighted by molar-refractivity contribution is 6.02. The van der Waals surface area contributed by atoms with Crippen molar-refractivity contribution in [2.24, 2.45) is 0 Å². The van der Waals surface area contributed by atoms with Gasteiger partial charge < -0.3 is 14.2 Å². The summed E-state index contributed by atoms with van der Waals surface area (Å²) in [5, 5.41) is 0.639. The van der Waals surface area contributed by atoms with E-state index >= 15 is 0 Å². The van der Waals surface area contributed by atoms with E-state index in [0.717, 1.165) is 5.56 Å². The first-order chi connectivity index (χ1) is 15.8. The van der Waals surface area contributed by atoms with Crippen LogP contribution in [0.2, 0.25) is 0 Å². The van der Waals surface area contributed by atoms with E-state index < -0.39 is 55.3 Å². The molecule has 0 unspecified atom stereocenters. The Bertz CT molecular complexity index is 847. The molecular weight excluding hydrogens is 444 g/mol. The van der Waals surface area contributed by atoms with Gasteiger partial charge in [-0.05, 0) is 5.56 Å². The minimum Gasteiger partial charge on any atom is -0.430 e. The van der Waals surface area contributed by atoms with Gasteiger partial charge in [0.1, 0.15) is 19.3 Å². The van der Waals surface area contributed by atoms with E-state index in [1.54, 1.807) is 30.3 Å². The molecule has 2 aliphatic heterocycles. The lowest BCUT2D eigenvalue weighted by atomic mass is 10.2. The predicted molar refractivity (Wildman–Crippen MR) is 102 cm³/mol. The highest BCUT2D eigenvalue weighted by Gasteiger charge is 2.35. The lowest BCUT2D eigenvalue weighted by molar-refractivity contribution is -0.179. The molecule has 2 aliphatic rings. The van der Waals surface area contributed by atoms with Crippen molar-refractivity contribution in [1.82, 2.24) is 10.1 Å². The van der Waals surface area contributed by atoms with Gasteiger partial charge in [-0.3, -0.25) is 28.9 Å². The molecule has 4 amide bonds. The second-order valence-electron chi connectivity index (χ2n) is 6.89. The first kappa shape index (κ1) is 23.7. The molecule has 0 saturated carbocycles. The molecular formula is C20H20N2O11. The van der Waals surface area contributed by atoms with E-state index in [2.05, 4.69) is 9.68 Å². The third kappa shape index (κ3) is 6.74. The minimum atomic E-state index is -1.33. The Hall–Kier alpha value is -4.00. The van der Waals surface area contributed by atoms with E-state index in [9.17, 15) is 28.8 Å². The number of ether oxygens (including phenoxy) is 3. The molecule has 0 aromatic heterocycles. The van der Waals surface area contributed by atoms with Crippen LogP contribution in [0.5, 0.6) is 0 Å². The van der Waals surface area contributed by atoms with Gasteiger partial charge in [0.05, 0.1) is 6.61 Å². The van der Waals surface area contributed by atoms with Crippen molar-refractivity contribution in [1.29, 1.82) is 0 Å². The lowest BCUT2D eigenvalue weighted by Crippen LogP contribution is -2.35. The van der Waals surface area contributed by atoms with Crippen LogP contribution in [0.25, 0.3) is 0 Å². The SMILES string of the molecule is O=C(OCC(COC(=O)ON1C(=O)CCC1=O)OCc1ccccc1)ON1C(=O)CCC1=O. The average molecular weight is 464 g/mol. The summed E-state index contributed by atoms with van der Waals surface area (Å²) in [6.07, 6.45) is -3.98. The molecule has 1 aromatic rings. The second-order valence-corrected chi connectivity index (χ2v) is 6.89. The van der Waals surface area contributed by atoms with Crippen LogP contribution in [-0.4, -0.2) is 65.4 Å². The van der Waals surface area contributed by atoms with Crippen molar-refractivity contribution in [3.05, 3.63) is 35.9 Å². The molecule has 0 radical (unpaired) electrons. The summed E-state index contributed by atoms with van der Waals surface area (Å²) < 4.78 is 15.3. The number of nitrogens with zero attached hydrogens (tertiary/aromatic N) is 2. The van der Waals surface area contributed by atoms with E-state index in [1.807, 2.05) is 0 Å². The Morgan fingerprint density at radius 1 is 0.727 bits per heavy atom. The fourth-order valence-corrected chi connectivity index (χ4v) is 2.77. The molecule has 0 aliphatic carbocycles. The topological polar surface area (TPSA) is 155 Å². The Balaban J connectivity index is 1.51. The van der Waals surface area contributed by atoms with Gasteiger partial charge in [-0.2, -0.15) is 0 Å². The fourth-order valence-electron chi connectivity index (χ4n) is 2.77. The van der Waals surface area contributed by atoms with Gasteiger partial charge in [0.2, 0.25) is 0 Å². The summed E-state index contributed by atoms with van der Waals surface area (Å²) in [7, 11) is 0. The standard InChI is InChI=1S/C20H20N2O11/c23-15-6-7-16(24)21(15)32-19(27)30-11-14(29-10-13-4-2-1-3-5-13)12-31-20(28)33-22-17(25)8-9-18(22)26/h1-5,14H,6-12H2. The normalized spacial score (nSPS) is 15.9. The van der Waals surface area contributed by atoms with Crippen molar-refractivity contribution < 1.29 is 52.7 Å². The summed E-state index contributed by atoms with van der Waals surface area (Å²) in [6, 6.07) is 8.92. The van der Waals surface area contributed by atoms with Crippen LogP contribution in [0.1, 0.15) is 31.2 Å². The van der Waals surface area contributed by atoms with Gasteiger partial charge >= 0.3 is 12.3 Å².